The maximum absolute atomic E-state index is 10.9. The van der Waals surface area contributed by atoms with E-state index in [4.69, 9.17) is 21.4 Å². The standard InChI is InChI=1S/C16H24ClNO3/c1-4-14(5-2)18(8-9-21-3)11-13-7-6-12(16(19)20)10-15(13)17/h6-7,10,14H,4-5,8-9,11H2,1-3H3,(H,19,20). The summed E-state index contributed by atoms with van der Waals surface area (Å²) in [5.74, 6) is -0.959. The van der Waals surface area contributed by atoms with Gasteiger partial charge in [-0.25, -0.2) is 4.79 Å². The SMILES string of the molecule is CCC(CC)N(CCOC)Cc1ccc(C(=O)O)cc1Cl. The van der Waals surface area contributed by atoms with Crippen molar-refractivity contribution in [3.8, 4) is 0 Å². The molecule has 0 aliphatic heterocycles. The van der Waals surface area contributed by atoms with Crippen LogP contribution in [-0.4, -0.2) is 42.3 Å². The second kappa shape index (κ2) is 9.03. The highest BCUT2D eigenvalue weighted by molar-refractivity contribution is 6.31. The Balaban J connectivity index is 2.89. The highest BCUT2D eigenvalue weighted by atomic mass is 35.5. The number of nitrogens with zero attached hydrogens (tertiary/aromatic N) is 1. The van der Waals surface area contributed by atoms with E-state index in [9.17, 15) is 4.79 Å². The van der Waals surface area contributed by atoms with Crippen molar-refractivity contribution in [2.45, 2.75) is 39.3 Å². The molecule has 0 aromatic heterocycles. The van der Waals surface area contributed by atoms with Gasteiger partial charge in [0.15, 0.2) is 0 Å². The Morgan fingerprint density at radius 2 is 2.05 bits per heavy atom. The summed E-state index contributed by atoms with van der Waals surface area (Å²) >= 11 is 6.22. The predicted octanol–water partition coefficient (Wildman–Crippen LogP) is 3.68. The zero-order valence-electron chi connectivity index (χ0n) is 12.9. The molecule has 21 heavy (non-hydrogen) atoms. The largest absolute Gasteiger partial charge is 0.478 e. The van der Waals surface area contributed by atoms with Crippen molar-refractivity contribution in [1.82, 2.24) is 4.90 Å². The molecule has 1 rings (SSSR count). The summed E-state index contributed by atoms with van der Waals surface area (Å²) in [6.07, 6.45) is 2.12. The lowest BCUT2D eigenvalue weighted by atomic mass is 10.1. The summed E-state index contributed by atoms with van der Waals surface area (Å²) in [6, 6.07) is 5.38. The molecule has 0 atom stereocenters. The molecule has 1 aromatic rings. The van der Waals surface area contributed by atoms with Crippen LogP contribution in [0.4, 0.5) is 0 Å². The molecule has 0 saturated carbocycles. The van der Waals surface area contributed by atoms with Gasteiger partial charge in [-0.2, -0.15) is 0 Å². The molecule has 0 aliphatic carbocycles. The van der Waals surface area contributed by atoms with Crippen LogP contribution in [-0.2, 0) is 11.3 Å². The molecule has 4 nitrogen and oxygen atoms in total. The van der Waals surface area contributed by atoms with Crippen LogP contribution < -0.4 is 0 Å². The lowest BCUT2D eigenvalue weighted by Gasteiger charge is -2.30. The number of methoxy groups -OCH3 is 1. The molecule has 0 unspecified atom stereocenters. The number of benzene rings is 1. The van der Waals surface area contributed by atoms with Crippen LogP contribution in [0.5, 0.6) is 0 Å². The van der Waals surface area contributed by atoms with E-state index in [1.54, 1.807) is 19.2 Å². The number of carboxylic acid groups (broad SMARTS) is 1. The molecule has 0 spiro atoms. The summed E-state index contributed by atoms with van der Waals surface area (Å²) in [5.41, 5.74) is 1.17. The first-order valence-corrected chi connectivity index (χ1v) is 7.65. The fourth-order valence-corrected chi connectivity index (χ4v) is 2.67. The van der Waals surface area contributed by atoms with Crippen molar-refractivity contribution in [3.05, 3.63) is 34.3 Å². The summed E-state index contributed by atoms with van der Waals surface area (Å²) in [5, 5.41) is 9.48. The lowest BCUT2D eigenvalue weighted by Crippen LogP contribution is -2.36. The Kier molecular flexibility index (Phi) is 7.72. The van der Waals surface area contributed by atoms with Gasteiger partial charge < -0.3 is 9.84 Å². The molecule has 0 fully saturated rings. The highest BCUT2D eigenvalue weighted by Gasteiger charge is 2.17. The number of rotatable bonds is 9. The third-order valence-electron chi connectivity index (χ3n) is 3.71. The Hall–Kier alpha value is -1.10. The van der Waals surface area contributed by atoms with Gasteiger partial charge >= 0.3 is 5.97 Å². The van der Waals surface area contributed by atoms with Crippen LogP contribution in [0.15, 0.2) is 18.2 Å². The molecule has 0 bridgehead atoms. The molecule has 0 heterocycles. The van der Waals surface area contributed by atoms with Gasteiger partial charge in [-0.15, -0.1) is 0 Å². The van der Waals surface area contributed by atoms with Gasteiger partial charge in [0.05, 0.1) is 12.2 Å². The number of hydrogen-bond acceptors (Lipinski definition) is 3. The summed E-state index contributed by atoms with van der Waals surface area (Å²) in [7, 11) is 1.69. The average Bonchev–Trinajstić information content (AvgIpc) is 2.47. The smallest absolute Gasteiger partial charge is 0.335 e. The minimum absolute atomic E-state index is 0.217. The molecule has 0 aliphatic rings. The first-order chi connectivity index (χ1) is 10.0. The van der Waals surface area contributed by atoms with Gasteiger partial charge in [0, 0.05) is 31.3 Å². The Morgan fingerprint density at radius 3 is 2.52 bits per heavy atom. The molecular weight excluding hydrogens is 290 g/mol. The maximum atomic E-state index is 10.9. The number of halogens is 1. The molecule has 5 heteroatoms. The van der Waals surface area contributed by atoms with Crippen LogP contribution in [0.2, 0.25) is 5.02 Å². The molecule has 0 radical (unpaired) electrons. The van der Waals surface area contributed by atoms with Gasteiger partial charge in [0.2, 0.25) is 0 Å². The summed E-state index contributed by atoms with van der Waals surface area (Å²) in [6.45, 7) is 6.54. The number of carbonyl (C=O) groups is 1. The van der Waals surface area contributed by atoms with E-state index < -0.39 is 5.97 Å². The van der Waals surface area contributed by atoms with Crippen molar-refractivity contribution in [1.29, 1.82) is 0 Å². The van der Waals surface area contributed by atoms with Crippen LogP contribution in [0.25, 0.3) is 0 Å². The third kappa shape index (κ3) is 5.30. The Morgan fingerprint density at radius 1 is 1.38 bits per heavy atom. The second-order valence-electron chi connectivity index (χ2n) is 5.04. The van der Waals surface area contributed by atoms with Gasteiger partial charge in [-0.05, 0) is 30.5 Å². The van der Waals surface area contributed by atoms with Crippen LogP contribution in [0.1, 0.15) is 42.6 Å². The first-order valence-electron chi connectivity index (χ1n) is 7.28. The predicted molar refractivity (Wildman–Crippen MR) is 85.1 cm³/mol. The van der Waals surface area contributed by atoms with E-state index in [1.165, 1.54) is 6.07 Å². The Labute approximate surface area is 131 Å². The topological polar surface area (TPSA) is 49.8 Å². The fraction of sp³-hybridized carbons (Fsp3) is 0.562. The molecule has 0 amide bonds. The van der Waals surface area contributed by atoms with Crippen molar-refractivity contribution in [2.24, 2.45) is 0 Å². The molecule has 1 aromatic carbocycles. The highest BCUT2D eigenvalue weighted by Crippen LogP contribution is 2.22. The molecule has 118 valence electrons. The molecule has 1 N–H and O–H groups in total. The van der Waals surface area contributed by atoms with E-state index in [2.05, 4.69) is 18.7 Å². The summed E-state index contributed by atoms with van der Waals surface area (Å²) in [4.78, 5) is 13.3. The number of hydrogen-bond donors (Lipinski definition) is 1. The number of ether oxygens (including phenoxy) is 1. The fourth-order valence-electron chi connectivity index (χ4n) is 2.43. The average molecular weight is 314 g/mol. The summed E-state index contributed by atoms with van der Waals surface area (Å²) < 4.78 is 5.18. The van der Waals surface area contributed by atoms with Crippen molar-refractivity contribution < 1.29 is 14.6 Å². The Bertz CT molecular complexity index is 461. The van der Waals surface area contributed by atoms with Crippen LogP contribution in [0.3, 0.4) is 0 Å². The number of aromatic carboxylic acids is 1. The van der Waals surface area contributed by atoms with Gasteiger partial charge in [0.25, 0.3) is 0 Å². The van der Waals surface area contributed by atoms with Gasteiger partial charge in [-0.3, -0.25) is 4.90 Å². The van der Waals surface area contributed by atoms with E-state index in [0.717, 1.165) is 24.9 Å². The van der Waals surface area contributed by atoms with Crippen molar-refractivity contribution >= 4 is 17.6 Å². The van der Waals surface area contributed by atoms with E-state index in [-0.39, 0.29) is 5.56 Å². The first kappa shape index (κ1) is 18.0. The monoisotopic (exact) mass is 313 g/mol. The van der Waals surface area contributed by atoms with E-state index in [1.807, 2.05) is 0 Å². The molecular formula is C16H24ClNO3. The zero-order chi connectivity index (χ0) is 15.8. The van der Waals surface area contributed by atoms with Crippen LogP contribution >= 0.6 is 11.6 Å². The minimum Gasteiger partial charge on any atom is -0.478 e. The van der Waals surface area contributed by atoms with Crippen LogP contribution in [0, 0.1) is 0 Å². The second-order valence-corrected chi connectivity index (χ2v) is 5.45. The zero-order valence-corrected chi connectivity index (χ0v) is 13.7. The lowest BCUT2D eigenvalue weighted by molar-refractivity contribution is 0.0697. The van der Waals surface area contributed by atoms with E-state index >= 15 is 0 Å². The van der Waals surface area contributed by atoms with Gasteiger partial charge in [-0.1, -0.05) is 31.5 Å². The van der Waals surface area contributed by atoms with Crippen molar-refractivity contribution in [3.63, 3.8) is 0 Å². The number of carboxylic acids is 1. The minimum atomic E-state index is -0.959. The maximum Gasteiger partial charge on any atom is 0.335 e. The molecule has 0 saturated heterocycles. The normalized spacial score (nSPS) is 11.3. The van der Waals surface area contributed by atoms with Gasteiger partial charge in [0.1, 0.15) is 0 Å². The quantitative estimate of drug-likeness (QED) is 0.755. The third-order valence-corrected chi connectivity index (χ3v) is 4.07. The van der Waals surface area contributed by atoms with Crippen molar-refractivity contribution in [2.75, 3.05) is 20.3 Å². The van der Waals surface area contributed by atoms with E-state index in [0.29, 0.717) is 24.2 Å².